The van der Waals surface area contributed by atoms with Crippen molar-refractivity contribution >= 4 is 66.3 Å². The lowest BCUT2D eigenvalue weighted by molar-refractivity contribution is 0.959. The molecule has 9 heterocycles. The minimum atomic E-state index is 0.560. The SMILES string of the molecule is c1ccc(-c2cc(-c3ccccc3)nc(-n3c4c5ccccc5ccc4c4nc5ccccn5c43)n2)cc1.c1ccc(-c2cc(-c3ccccc3)nc(-n3c4ncccc4c4nc5ccccn5c43)n2)cc1. The van der Waals surface area contributed by atoms with Crippen LogP contribution in [0.25, 0.3) is 123 Å². The summed E-state index contributed by atoms with van der Waals surface area (Å²) < 4.78 is 8.40. The zero-order valence-electron chi connectivity index (χ0n) is 38.4. The van der Waals surface area contributed by atoms with Crippen LogP contribution in [0.15, 0.2) is 237 Å². The number of aromatic nitrogens is 11. The first-order valence-corrected chi connectivity index (χ1v) is 23.7. The van der Waals surface area contributed by atoms with Crippen molar-refractivity contribution in [3.63, 3.8) is 0 Å². The Morgan fingerprint density at radius 3 is 1.28 bits per heavy atom. The number of hydrogen-bond donors (Lipinski definition) is 0. The molecule has 11 nitrogen and oxygen atoms in total. The van der Waals surface area contributed by atoms with Gasteiger partial charge in [0.25, 0.3) is 0 Å². The van der Waals surface area contributed by atoms with Gasteiger partial charge in [-0.2, -0.15) is 0 Å². The van der Waals surface area contributed by atoms with Gasteiger partial charge in [-0.15, -0.1) is 0 Å². The molecule has 0 spiro atoms. The summed E-state index contributed by atoms with van der Waals surface area (Å²) in [7, 11) is 0. The van der Waals surface area contributed by atoms with E-state index in [4.69, 9.17) is 34.9 Å². The number of rotatable bonds is 6. The Morgan fingerprint density at radius 1 is 0.319 bits per heavy atom. The summed E-state index contributed by atoms with van der Waals surface area (Å²) in [5, 5.41) is 4.36. The summed E-state index contributed by atoms with van der Waals surface area (Å²) in [6, 6.07) is 73.9. The van der Waals surface area contributed by atoms with Gasteiger partial charge in [0.05, 0.1) is 28.3 Å². The molecule has 0 atom stereocenters. The summed E-state index contributed by atoms with van der Waals surface area (Å²) >= 11 is 0. The highest BCUT2D eigenvalue weighted by Crippen LogP contribution is 2.38. The molecule has 0 saturated carbocycles. The fourth-order valence-electron chi connectivity index (χ4n) is 9.89. The van der Waals surface area contributed by atoms with Gasteiger partial charge >= 0.3 is 0 Å². The van der Waals surface area contributed by atoms with E-state index in [1.807, 2.05) is 138 Å². The lowest BCUT2D eigenvalue weighted by atomic mass is 10.1. The Labute approximate surface area is 411 Å². The van der Waals surface area contributed by atoms with Crippen molar-refractivity contribution < 1.29 is 0 Å². The Hall–Kier alpha value is -10.1. The Kier molecular flexibility index (Phi) is 9.56. The minimum Gasteiger partial charge on any atom is -0.285 e. The first kappa shape index (κ1) is 40.9. The fraction of sp³-hybridized carbons (Fsp3) is 0. The van der Waals surface area contributed by atoms with Crippen molar-refractivity contribution in [2.75, 3.05) is 0 Å². The standard InChI is InChI=1S/C33H21N5.C28H18N6/c1-3-12-23(13-4-1)27-21-28(24-14-5-2-6-15-24)35-33(34-27)38-31-25-16-8-7-11-22(25)18-19-26(31)30-32(38)37-20-10-9-17-29(37)36-30;1-3-10-19(11-4-1)22-18-23(20-12-5-2-6-13-20)31-28(30-22)34-26-21(14-9-16-29-26)25-27(34)33-17-8-7-15-24(33)32-25/h1-21H;1-18H. The highest BCUT2D eigenvalue weighted by molar-refractivity contribution is 6.17. The summed E-state index contributed by atoms with van der Waals surface area (Å²) in [4.78, 5) is 35.1. The summed E-state index contributed by atoms with van der Waals surface area (Å²) in [6.07, 6.45) is 5.87. The van der Waals surface area contributed by atoms with Crippen LogP contribution in [-0.4, -0.2) is 52.8 Å². The van der Waals surface area contributed by atoms with E-state index < -0.39 is 0 Å². The molecule has 0 N–H and O–H groups in total. The molecule has 15 aromatic rings. The maximum atomic E-state index is 5.18. The maximum Gasteiger partial charge on any atom is 0.238 e. The second-order valence-electron chi connectivity index (χ2n) is 17.5. The number of benzene rings is 6. The molecule has 0 saturated heterocycles. The van der Waals surface area contributed by atoms with Crippen molar-refractivity contribution in [2.24, 2.45) is 0 Å². The molecule has 0 aliphatic carbocycles. The van der Waals surface area contributed by atoms with Gasteiger partial charge in [0, 0.05) is 57.0 Å². The number of nitrogens with zero attached hydrogens (tertiary/aromatic N) is 11. The molecule has 0 unspecified atom stereocenters. The predicted molar refractivity (Wildman–Crippen MR) is 287 cm³/mol. The van der Waals surface area contributed by atoms with Crippen molar-refractivity contribution in [2.45, 2.75) is 0 Å². The highest BCUT2D eigenvalue weighted by Gasteiger charge is 2.24. The van der Waals surface area contributed by atoms with Crippen LogP contribution in [0.2, 0.25) is 0 Å². The van der Waals surface area contributed by atoms with Crippen LogP contribution >= 0.6 is 0 Å². The summed E-state index contributed by atoms with van der Waals surface area (Å²) in [6.45, 7) is 0. The third-order valence-corrected chi connectivity index (χ3v) is 13.2. The van der Waals surface area contributed by atoms with Crippen LogP contribution in [0.4, 0.5) is 0 Å². The van der Waals surface area contributed by atoms with Gasteiger partial charge in [0.15, 0.2) is 16.9 Å². The number of imidazole rings is 2. The summed E-state index contributed by atoms with van der Waals surface area (Å²) in [5.41, 5.74) is 14.9. The van der Waals surface area contributed by atoms with Crippen LogP contribution < -0.4 is 0 Å². The first-order valence-electron chi connectivity index (χ1n) is 23.7. The van der Waals surface area contributed by atoms with Crippen molar-refractivity contribution in [1.82, 2.24) is 52.8 Å². The molecule has 11 heteroatoms. The fourth-order valence-corrected chi connectivity index (χ4v) is 9.89. The molecule has 15 rings (SSSR count). The highest BCUT2D eigenvalue weighted by atomic mass is 15.3. The molecule has 0 aliphatic rings. The van der Waals surface area contributed by atoms with Crippen LogP contribution in [-0.2, 0) is 0 Å². The van der Waals surface area contributed by atoms with E-state index in [-0.39, 0.29) is 0 Å². The molecule has 338 valence electrons. The van der Waals surface area contributed by atoms with E-state index in [1.165, 1.54) is 5.39 Å². The van der Waals surface area contributed by atoms with Crippen LogP contribution in [0.3, 0.4) is 0 Å². The molecule has 9 aromatic heterocycles. The molecule has 72 heavy (non-hydrogen) atoms. The van der Waals surface area contributed by atoms with Gasteiger partial charge < -0.3 is 0 Å². The third-order valence-electron chi connectivity index (χ3n) is 13.2. The number of hydrogen-bond acceptors (Lipinski definition) is 7. The lowest BCUT2D eigenvalue weighted by Gasteiger charge is -2.12. The van der Waals surface area contributed by atoms with Gasteiger partial charge in [0.2, 0.25) is 11.9 Å². The molecular weight excluding hydrogens is 887 g/mol. The molecule has 0 amide bonds. The van der Waals surface area contributed by atoms with Crippen molar-refractivity contribution in [1.29, 1.82) is 0 Å². The molecule has 0 aliphatic heterocycles. The normalized spacial score (nSPS) is 11.6. The van der Waals surface area contributed by atoms with Gasteiger partial charge in [-0.05, 0) is 60.0 Å². The van der Waals surface area contributed by atoms with Crippen LogP contribution in [0.1, 0.15) is 0 Å². The third kappa shape index (κ3) is 6.79. The predicted octanol–water partition coefficient (Wildman–Crippen LogP) is 13.7. The quantitative estimate of drug-likeness (QED) is 0.163. The molecular formula is C61H39N11. The monoisotopic (exact) mass is 925 g/mol. The Morgan fingerprint density at radius 2 is 0.750 bits per heavy atom. The second-order valence-corrected chi connectivity index (χ2v) is 17.5. The minimum absolute atomic E-state index is 0.560. The first-order chi connectivity index (χ1) is 35.7. The van der Waals surface area contributed by atoms with Crippen molar-refractivity contribution in [3.8, 4) is 56.9 Å². The van der Waals surface area contributed by atoms with Gasteiger partial charge in [-0.3, -0.25) is 13.4 Å². The van der Waals surface area contributed by atoms with E-state index in [1.54, 1.807) is 6.20 Å². The Bertz CT molecular complexity index is 4370. The average Bonchev–Trinajstić information content (AvgIpc) is 4.21. The topological polar surface area (TPSA) is 109 Å². The maximum absolute atomic E-state index is 5.18. The van der Waals surface area contributed by atoms with E-state index in [2.05, 4.69) is 111 Å². The number of pyridine rings is 3. The van der Waals surface area contributed by atoms with E-state index in [0.717, 1.165) is 106 Å². The van der Waals surface area contributed by atoms with Gasteiger partial charge in [-0.25, -0.2) is 39.5 Å². The molecule has 0 radical (unpaired) electrons. The van der Waals surface area contributed by atoms with E-state index >= 15 is 0 Å². The van der Waals surface area contributed by atoms with Crippen molar-refractivity contribution in [3.05, 3.63) is 237 Å². The smallest absolute Gasteiger partial charge is 0.238 e. The molecule has 0 fully saturated rings. The number of fused-ring (bicyclic) bond motifs is 12. The molecule has 6 aromatic carbocycles. The zero-order valence-corrected chi connectivity index (χ0v) is 38.4. The lowest BCUT2D eigenvalue weighted by Crippen LogP contribution is -2.06. The largest absolute Gasteiger partial charge is 0.285 e. The molecule has 0 bridgehead atoms. The second kappa shape index (κ2) is 16.8. The van der Waals surface area contributed by atoms with Gasteiger partial charge in [-0.1, -0.05) is 164 Å². The van der Waals surface area contributed by atoms with Gasteiger partial charge in [0.1, 0.15) is 22.3 Å². The van der Waals surface area contributed by atoms with E-state index in [9.17, 15) is 0 Å². The van der Waals surface area contributed by atoms with E-state index in [0.29, 0.717) is 11.9 Å². The Balaban J connectivity index is 0.000000135. The summed E-state index contributed by atoms with van der Waals surface area (Å²) in [5.74, 6) is 1.18. The zero-order chi connectivity index (χ0) is 47.5. The van der Waals surface area contributed by atoms with Crippen LogP contribution in [0, 0.1) is 0 Å². The van der Waals surface area contributed by atoms with Crippen LogP contribution in [0.5, 0.6) is 0 Å². The average molecular weight is 926 g/mol.